The van der Waals surface area contributed by atoms with Crippen molar-refractivity contribution in [2.24, 2.45) is 0 Å². The van der Waals surface area contributed by atoms with Crippen molar-refractivity contribution >= 4 is 34.7 Å². The molecule has 2 heterocycles. The van der Waals surface area contributed by atoms with Crippen LogP contribution in [0, 0.1) is 11.3 Å². The molecule has 0 saturated carbocycles. The van der Waals surface area contributed by atoms with Gasteiger partial charge in [-0.2, -0.15) is 5.26 Å². The Morgan fingerprint density at radius 1 is 1.25 bits per heavy atom. The molecule has 160 valence electrons. The van der Waals surface area contributed by atoms with E-state index in [-0.39, 0.29) is 4.91 Å². The van der Waals surface area contributed by atoms with Crippen LogP contribution in [0.5, 0.6) is 0 Å². The lowest BCUT2D eigenvalue weighted by Crippen LogP contribution is -1.98. The zero-order valence-electron chi connectivity index (χ0n) is 17.4. The summed E-state index contributed by atoms with van der Waals surface area (Å²) in [4.78, 5) is 16.5. The van der Waals surface area contributed by atoms with Crippen LogP contribution in [-0.2, 0) is 17.8 Å². The van der Waals surface area contributed by atoms with Gasteiger partial charge in [0.15, 0.2) is 0 Å². The van der Waals surface area contributed by atoms with E-state index in [1.165, 1.54) is 0 Å². The summed E-state index contributed by atoms with van der Waals surface area (Å²) in [5.74, 6) is -0.278. The zero-order chi connectivity index (χ0) is 22.5. The van der Waals surface area contributed by atoms with Crippen LogP contribution in [0.4, 0.5) is 0 Å². The number of hydrogen-bond acceptors (Lipinski definition) is 5. The van der Waals surface area contributed by atoms with E-state index in [4.69, 9.17) is 5.26 Å². The van der Waals surface area contributed by atoms with E-state index in [9.17, 15) is 9.90 Å². The number of thioether (sulfide) groups is 1. The largest absolute Gasteiger partial charge is 0.477 e. The van der Waals surface area contributed by atoms with Crippen LogP contribution >= 0.6 is 11.8 Å². The number of carboxylic acids is 1. The van der Waals surface area contributed by atoms with Gasteiger partial charge in [0, 0.05) is 35.6 Å². The number of carbonyl (C=O) groups is 1. The molecule has 2 aromatic heterocycles. The number of hydrogen-bond donors (Lipinski definition) is 2. The van der Waals surface area contributed by atoms with Crippen molar-refractivity contribution in [2.45, 2.75) is 31.5 Å². The topological polar surface area (TPSA) is 108 Å². The number of nitrogens with zero attached hydrogens (tertiary/aromatic N) is 4. The molecule has 7 nitrogen and oxygen atoms in total. The molecule has 0 saturated heterocycles. The zero-order valence-corrected chi connectivity index (χ0v) is 18.3. The number of aromatic nitrogens is 4. The summed E-state index contributed by atoms with van der Waals surface area (Å²) in [6.45, 7) is 2.66. The Morgan fingerprint density at radius 3 is 2.75 bits per heavy atom. The maximum Gasteiger partial charge on any atom is 0.342 e. The number of para-hydroxylation sites is 1. The molecule has 0 unspecified atom stereocenters. The molecular formula is C24H21N5O2S. The Labute approximate surface area is 189 Å². The number of fused-ring (bicyclic) bond motifs is 1. The number of nitriles is 1. The molecule has 2 aromatic carbocycles. The average molecular weight is 444 g/mol. The average Bonchev–Trinajstić information content (AvgIpc) is 3.39. The predicted octanol–water partition coefficient (Wildman–Crippen LogP) is 4.85. The highest BCUT2D eigenvalue weighted by Crippen LogP contribution is 2.30. The molecule has 0 atom stereocenters. The fourth-order valence-electron chi connectivity index (χ4n) is 3.45. The van der Waals surface area contributed by atoms with Crippen molar-refractivity contribution in [1.82, 2.24) is 19.7 Å². The van der Waals surface area contributed by atoms with E-state index in [2.05, 4.69) is 25.8 Å². The van der Waals surface area contributed by atoms with E-state index in [1.807, 2.05) is 49.5 Å². The van der Waals surface area contributed by atoms with Gasteiger partial charge in [-0.3, -0.25) is 5.10 Å². The van der Waals surface area contributed by atoms with Gasteiger partial charge in [0.05, 0.1) is 11.6 Å². The van der Waals surface area contributed by atoms with Crippen LogP contribution in [0.25, 0.3) is 17.0 Å². The molecule has 8 heteroatoms. The third kappa shape index (κ3) is 4.74. The highest BCUT2D eigenvalue weighted by atomic mass is 32.2. The van der Waals surface area contributed by atoms with Crippen LogP contribution < -0.4 is 0 Å². The highest BCUT2D eigenvalue weighted by Gasteiger charge is 2.16. The summed E-state index contributed by atoms with van der Waals surface area (Å²) in [7, 11) is 0. The van der Waals surface area contributed by atoms with Gasteiger partial charge >= 0.3 is 5.97 Å². The van der Waals surface area contributed by atoms with Gasteiger partial charge in [-0.25, -0.2) is 9.78 Å². The number of aryl methyl sites for hydroxylation is 1. The summed E-state index contributed by atoms with van der Waals surface area (Å²) in [6, 6.07) is 17.5. The molecule has 0 aliphatic carbocycles. The van der Waals surface area contributed by atoms with Gasteiger partial charge in [0.25, 0.3) is 0 Å². The van der Waals surface area contributed by atoms with Crippen LogP contribution in [0.2, 0.25) is 0 Å². The van der Waals surface area contributed by atoms with Gasteiger partial charge in [-0.15, -0.1) is 5.10 Å². The van der Waals surface area contributed by atoms with Crippen molar-refractivity contribution in [1.29, 1.82) is 5.26 Å². The fraction of sp³-hybridized carbons (Fsp3) is 0.167. The van der Waals surface area contributed by atoms with E-state index in [0.29, 0.717) is 17.3 Å². The maximum absolute atomic E-state index is 11.9. The van der Waals surface area contributed by atoms with E-state index < -0.39 is 5.97 Å². The Morgan fingerprint density at radius 2 is 2.03 bits per heavy atom. The Kier molecular flexibility index (Phi) is 6.38. The summed E-state index contributed by atoms with van der Waals surface area (Å²) >= 11 is 1.03. The molecule has 0 fully saturated rings. The van der Waals surface area contributed by atoms with Gasteiger partial charge in [-0.1, -0.05) is 37.3 Å². The molecule has 4 aromatic rings. The normalized spacial score (nSPS) is 11.6. The second-order valence-electron chi connectivity index (χ2n) is 7.27. The van der Waals surface area contributed by atoms with Crippen LogP contribution in [0.1, 0.15) is 35.9 Å². The monoisotopic (exact) mass is 443 g/mol. The minimum absolute atomic E-state index is 0.147. The van der Waals surface area contributed by atoms with Crippen molar-refractivity contribution in [2.75, 3.05) is 0 Å². The molecule has 0 aliphatic heterocycles. The summed E-state index contributed by atoms with van der Waals surface area (Å²) in [6.07, 6.45) is 5.31. The van der Waals surface area contributed by atoms with Crippen molar-refractivity contribution in [3.63, 3.8) is 0 Å². The van der Waals surface area contributed by atoms with Gasteiger partial charge in [0.2, 0.25) is 5.16 Å². The smallest absolute Gasteiger partial charge is 0.342 e. The first-order valence-corrected chi connectivity index (χ1v) is 11.0. The number of rotatable bonds is 8. The van der Waals surface area contributed by atoms with Crippen molar-refractivity contribution in [3.05, 3.63) is 82.1 Å². The first-order chi connectivity index (χ1) is 15.6. The standard InChI is InChI=1S/C24H21N5O2S/c1-2-5-22-26-24(28-27-22)32-21(23(30)31)12-18-15-29(20-7-4-3-6-19(18)20)14-17-10-8-16(13-25)9-11-17/h3-4,6-12,15H,2,5,14H2,1H3,(H,30,31)(H,26,27,28)/b21-12-. The van der Waals surface area contributed by atoms with Gasteiger partial charge in [0.1, 0.15) is 10.7 Å². The number of nitrogens with one attached hydrogen (secondary N) is 1. The number of aliphatic carboxylic acids is 1. The van der Waals surface area contributed by atoms with Crippen LogP contribution in [-0.4, -0.2) is 30.8 Å². The van der Waals surface area contributed by atoms with E-state index in [1.54, 1.807) is 18.2 Å². The molecule has 0 radical (unpaired) electrons. The van der Waals surface area contributed by atoms with Crippen molar-refractivity contribution in [3.8, 4) is 6.07 Å². The second kappa shape index (κ2) is 9.54. The first kappa shape index (κ1) is 21.4. The molecule has 0 spiro atoms. The van der Waals surface area contributed by atoms with Crippen molar-refractivity contribution < 1.29 is 9.90 Å². The summed E-state index contributed by atoms with van der Waals surface area (Å²) in [5.41, 5.74) is 3.48. The molecule has 0 amide bonds. The third-order valence-electron chi connectivity index (χ3n) is 4.95. The van der Waals surface area contributed by atoms with E-state index >= 15 is 0 Å². The van der Waals surface area contributed by atoms with Crippen LogP contribution in [0.3, 0.4) is 0 Å². The van der Waals surface area contributed by atoms with Gasteiger partial charge < -0.3 is 9.67 Å². The Bertz CT molecular complexity index is 1330. The lowest BCUT2D eigenvalue weighted by atomic mass is 10.1. The lowest BCUT2D eigenvalue weighted by Gasteiger charge is -2.05. The minimum atomic E-state index is -1.03. The van der Waals surface area contributed by atoms with Gasteiger partial charge in [-0.05, 0) is 48.0 Å². The number of carboxylic acid groups (broad SMARTS) is 1. The maximum atomic E-state index is 11.9. The lowest BCUT2D eigenvalue weighted by molar-refractivity contribution is -0.131. The molecule has 4 rings (SSSR count). The molecular weight excluding hydrogens is 422 g/mol. The number of aromatic amines is 1. The molecule has 0 aliphatic rings. The van der Waals surface area contributed by atoms with Crippen LogP contribution in [0.15, 0.2) is 64.8 Å². The highest BCUT2D eigenvalue weighted by molar-refractivity contribution is 8.04. The van der Waals surface area contributed by atoms with E-state index in [0.717, 1.165) is 52.5 Å². The summed E-state index contributed by atoms with van der Waals surface area (Å²) in [5, 5.41) is 27.1. The fourth-order valence-corrected chi connectivity index (χ4v) is 4.17. The number of H-pyrrole nitrogens is 1. The third-order valence-corrected chi connectivity index (χ3v) is 5.83. The molecule has 32 heavy (non-hydrogen) atoms. The SMILES string of the molecule is CCCc1nc(S/C(=C\c2cn(Cc3ccc(C#N)cc3)c3ccccc23)C(=O)O)n[nH]1. The first-order valence-electron chi connectivity index (χ1n) is 10.2. The predicted molar refractivity (Wildman–Crippen MR) is 124 cm³/mol. The second-order valence-corrected chi connectivity index (χ2v) is 8.28. The summed E-state index contributed by atoms with van der Waals surface area (Å²) < 4.78 is 2.08. The molecule has 2 N–H and O–H groups in total. The number of benzene rings is 2. The Balaban J connectivity index is 1.68. The Hall–Kier alpha value is -3.83. The molecule has 0 bridgehead atoms. The minimum Gasteiger partial charge on any atom is -0.477 e. The quantitative estimate of drug-likeness (QED) is 0.298.